The molecule has 1 amide bonds. The number of nitrogens with zero attached hydrogens (tertiary/aromatic N) is 3. The van der Waals surface area contributed by atoms with Gasteiger partial charge in [-0.1, -0.05) is 0 Å². The van der Waals surface area contributed by atoms with Gasteiger partial charge in [0.15, 0.2) is 5.65 Å². The lowest BCUT2D eigenvalue weighted by atomic mass is 10.1. The first kappa shape index (κ1) is 18.4. The second-order valence-electron chi connectivity index (χ2n) is 6.40. The summed E-state index contributed by atoms with van der Waals surface area (Å²) in [5.74, 6) is 0.346. The number of carbonyl (C=O) groups is 1. The molecule has 146 valence electrons. The topological polar surface area (TPSA) is 102 Å². The van der Waals surface area contributed by atoms with E-state index in [9.17, 15) is 14.0 Å². The normalized spacial score (nSPS) is 10.9. The Balaban J connectivity index is 1.55. The van der Waals surface area contributed by atoms with Crippen LogP contribution in [0.25, 0.3) is 11.0 Å². The van der Waals surface area contributed by atoms with Gasteiger partial charge in [-0.15, -0.1) is 0 Å². The minimum absolute atomic E-state index is 0.211. The van der Waals surface area contributed by atoms with Crippen LogP contribution in [-0.2, 0) is 7.05 Å². The van der Waals surface area contributed by atoms with Gasteiger partial charge < -0.3 is 10.1 Å². The van der Waals surface area contributed by atoms with Crippen LogP contribution in [0.4, 0.5) is 10.2 Å². The van der Waals surface area contributed by atoms with Crippen molar-refractivity contribution >= 4 is 22.8 Å². The van der Waals surface area contributed by atoms with Gasteiger partial charge in [-0.3, -0.25) is 19.4 Å². The van der Waals surface area contributed by atoms with Crippen LogP contribution < -0.4 is 15.6 Å². The fourth-order valence-electron chi connectivity index (χ4n) is 2.90. The summed E-state index contributed by atoms with van der Waals surface area (Å²) in [6, 6.07) is 10.3. The van der Waals surface area contributed by atoms with Crippen molar-refractivity contribution in [2.24, 2.45) is 7.05 Å². The second kappa shape index (κ2) is 7.19. The molecule has 4 aromatic rings. The number of ether oxygens (including phenoxy) is 1. The summed E-state index contributed by atoms with van der Waals surface area (Å²) in [5.41, 5.74) is 0.823. The Morgan fingerprint density at radius 1 is 1.17 bits per heavy atom. The van der Waals surface area contributed by atoms with Crippen molar-refractivity contribution in [1.82, 2.24) is 19.7 Å². The number of aryl methyl sites for hydroxylation is 2. The standard InChI is InChI=1S/C20H16FN5O3/c1-11-9-15(17-18(23-11)26(2)25-20(17)28)19(27)24-16-8-7-14(10-22-16)29-13-5-3-12(21)4-6-13/h3-10H,1-2H3,(H,25,28)(H,22,24,27). The summed E-state index contributed by atoms with van der Waals surface area (Å²) >= 11 is 0. The first-order valence-electron chi connectivity index (χ1n) is 8.68. The van der Waals surface area contributed by atoms with Gasteiger partial charge in [-0.05, 0) is 49.4 Å². The van der Waals surface area contributed by atoms with Gasteiger partial charge in [-0.25, -0.2) is 14.4 Å². The number of anilines is 1. The van der Waals surface area contributed by atoms with Gasteiger partial charge in [0.25, 0.3) is 11.5 Å². The molecule has 0 aliphatic carbocycles. The van der Waals surface area contributed by atoms with Crippen molar-refractivity contribution < 1.29 is 13.9 Å². The summed E-state index contributed by atoms with van der Waals surface area (Å²) in [6.45, 7) is 1.74. The maximum Gasteiger partial charge on any atom is 0.274 e. The molecular formula is C20H16FN5O3. The molecule has 3 heterocycles. The number of pyridine rings is 2. The van der Waals surface area contributed by atoms with Crippen molar-refractivity contribution in [2.75, 3.05) is 5.32 Å². The molecule has 0 aliphatic heterocycles. The largest absolute Gasteiger partial charge is 0.456 e. The smallest absolute Gasteiger partial charge is 0.274 e. The van der Waals surface area contributed by atoms with E-state index >= 15 is 0 Å². The number of benzene rings is 1. The van der Waals surface area contributed by atoms with Crippen LogP contribution in [0.5, 0.6) is 11.5 Å². The third-order valence-corrected chi connectivity index (χ3v) is 4.21. The number of aromatic nitrogens is 4. The summed E-state index contributed by atoms with van der Waals surface area (Å²) in [5, 5.41) is 5.48. The Bertz CT molecular complexity index is 1260. The van der Waals surface area contributed by atoms with E-state index < -0.39 is 11.5 Å². The molecule has 0 saturated heterocycles. The zero-order chi connectivity index (χ0) is 20.5. The van der Waals surface area contributed by atoms with Crippen molar-refractivity contribution in [3.05, 3.63) is 76.1 Å². The van der Waals surface area contributed by atoms with Crippen molar-refractivity contribution in [2.45, 2.75) is 6.92 Å². The highest BCUT2D eigenvalue weighted by Crippen LogP contribution is 2.22. The maximum atomic E-state index is 13.0. The van der Waals surface area contributed by atoms with Crippen LogP contribution >= 0.6 is 0 Å². The predicted octanol–water partition coefficient (Wildman–Crippen LogP) is 3.15. The Morgan fingerprint density at radius 2 is 1.90 bits per heavy atom. The molecule has 9 heteroatoms. The molecule has 0 unspecified atom stereocenters. The number of amides is 1. The molecular weight excluding hydrogens is 377 g/mol. The number of hydrogen-bond acceptors (Lipinski definition) is 5. The molecule has 0 bridgehead atoms. The van der Waals surface area contributed by atoms with Crippen LogP contribution in [0.3, 0.4) is 0 Å². The fraction of sp³-hybridized carbons (Fsp3) is 0.100. The molecule has 0 fully saturated rings. The van der Waals surface area contributed by atoms with E-state index in [1.165, 1.54) is 35.1 Å². The van der Waals surface area contributed by atoms with Gasteiger partial charge in [0.05, 0.1) is 17.1 Å². The minimum Gasteiger partial charge on any atom is -0.456 e. The van der Waals surface area contributed by atoms with Crippen LogP contribution in [-0.4, -0.2) is 25.7 Å². The lowest BCUT2D eigenvalue weighted by Crippen LogP contribution is -2.16. The summed E-state index contributed by atoms with van der Waals surface area (Å²) < 4.78 is 20.0. The average Bonchev–Trinajstić information content (AvgIpc) is 2.98. The number of aromatic amines is 1. The lowest BCUT2D eigenvalue weighted by molar-refractivity contribution is 0.102. The van der Waals surface area contributed by atoms with E-state index in [0.29, 0.717) is 22.8 Å². The number of carbonyl (C=O) groups excluding carboxylic acids is 1. The van der Waals surface area contributed by atoms with Gasteiger partial charge >= 0.3 is 0 Å². The second-order valence-corrected chi connectivity index (χ2v) is 6.40. The molecule has 3 aromatic heterocycles. The van der Waals surface area contributed by atoms with Crippen molar-refractivity contribution in [3.63, 3.8) is 0 Å². The number of hydrogen-bond donors (Lipinski definition) is 2. The molecule has 4 rings (SSSR count). The third kappa shape index (κ3) is 3.70. The van der Waals surface area contributed by atoms with E-state index in [0.717, 1.165) is 0 Å². The molecule has 0 spiro atoms. The highest BCUT2D eigenvalue weighted by atomic mass is 19.1. The highest BCUT2D eigenvalue weighted by Gasteiger charge is 2.18. The van der Waals surface area contributed by atoms with E-state index in [-0.39, 0.29) is 22.6 Å². The van der Waals surface area contributed by atoms with Crippen LogP contribution in [0.1, 0.15) is 16.1 Å². The monoisotopic (exact) mass is 393 g/mol. The molecule has 1 aromatic carbocycles. The number of halogens is 1. The summed E-state index contributed by atoms with van der Waals surface area (Å²) in [7, 11) is 1.65. The van der Waals surface area contributed by atoms with Gasteiger partial charge in [-0.2, -0.15) is 0 Å². The number of fused-ring (bicyclic) bond motifs is 1. The van der Waals surface area contributed by atoms with E-state index in [4.69, 9.17) is 4.74 Å². The Hall–Kier alpha value is -4.01. The quantitative estimate of drug-likeness (QED) is 0.555. The number of H-pyrrole nitrogens is 1. The van der Waals surface area contributed by atoms with Crippen molar-refractivity contribution in [3.8, 4) is 11.5 Å². The summed E-state index contributed by atoms with van der Waals surface area (Å²) in [6.07, 6.45) is 1.43. The molecule has 0 aliphatic rings. The molecule has 0 saturated carbocycles. The van der Waals surface area contributed by atoms with E-state index in [2.05, 4.69) is 20.4 Å². The number of nitrogens with one attached hydrogen (secondary N) is 2. The van der Waals surface area contributed by atoms with Gasteiger partial charge in [0, 0.05) is 12.7 Å². The summed E-state index contributed by atoms with van der Waals surface area (Å²) in [4.78, 5) is 33.4. The van der Waals surface area contributed by atoms with E-state index in [1.54, 1.807) is 32.2 Å². The Morgan fingerprint density at radius 3 is 2.59 bits per heavy atom. The maximum absolute atomic E-state index is 13.0. The molecule has 0 atom stereocenters. The zero-order valence-electron chi connectivity index (χ0n) is 15.6. The molecule has 0 radical (unpaired) electrons. The van der Waals surface area contributed by atoms with Gasteiger partial charge in [0.2, 0.25) is 0 Å². The molecule has 8 nitrogen and oxygen atoms in total. The lowest BCUT2D eigenvalue weighted by Gasteiger charge is -2.08. The first-order chi connectivity index (χ1) is 13.9. The fourth-order valence-corrected chi connectivity index (χ4v) is 2.90. The minimum atomic E-state index is -0.475. The highest BCUT2D eigenvalue weighted by molar-refractivity contribution is 6.11. The van der Waals surface area contributed by atoms with E-state index in [1.807, 2.05) is 0 Å². The van der Waals surface area contributed by atoms with Crippen LogP contribution in [0, 0.1) is 12.7 Å². The van der Waals surface area contributed by atoms with Gasteiger partial charge in [0.1, 0.15) is 23.1 Å². The third-order valence-electron chi connectivity index (χ3n) is 4.21. The first-order valence-corrected chi connectivity index (χ1v) is 8.68. The van der Waals surface area contributed by atoms with Crippen LogP contribution in [0.15, 0.2) is 53.5 Å². The zero-order valence-corrected chi connectivity index (χ0v) is 15.6. The molecule has 29 heavy (non-hydrogen) atoms. The Labute approximate surface area is 164 Å². The average molecular weight is 393 g/mol. The Kier molecular flexibility index (Phi) is 4.55. The predicted molar refractivity (Wildman–Crippen MR) is 105 cm³/mol. The molecule has 2 N–H and O–H groups in total. The number of rotatable bonds is 4. The van der Waals surface area contributed by atoms with Crippen LogP contribution in [0.2, 0.25) is 0 Å². The SMILES string of the molecule is Cc1cc(C(=O)Nc2ccc(Oc3ccc(F)cc3)cn2)c2c(=O)[nH]n(C)c2n1. The van der Waals surface area contributed by atoms with Crippen molar-refractivity contribution in [1.29, 1.82) is 0 Å².